The summed E-state index contributed by atoms with van der Waals surface area (Å²) in [6, 6.07) is 23.4. The van der Waals surface area contributed by atoms with Crippen LogP contribution in [0.3, 0.4) is 0 Å². The molecule has 0 amide bonds. The molecule has 5 nitrogen and oxygen atoms in total. The lowest BCUT2D eigenvalue weighted by atomic mass is 9.91. The number of nitrogens with two attached hydrogens (primary N) is 2. The zero-order valence-corrected chi connectivity index (χ0v) is 18.3. The van der Waals surface area contributed by atoms with Gasteiger partial charge in [-0.25, -0.2) is 0 Å². The molecule has 3 aromatic rings. The summed E-state index contributed by atoms with van der Waals surface area (Å²) >= 11 is 1.70. The van der Waals surface area contributed by atoms with Gasteiger partial charge in [0.1, 0.15) is 0 Å². The fourth-order valence-electron chi connectivity index (χ4n) is 3.80. The largest absolute Gasteiger partial charge is 0.399 e. The Kier molecular flexibility index (Phi) is 6.83. The van der Waals surface area contributed by atoms with Crippen LogP contribution in [0.2, 0.25) is 0 Å². The van der Waals surface area contributed by atoms with E-state index in [1.54, 1.807) is 11.8 Å². The van der Waals surface area contributed by atoms with E-state index < -0.39 is 6.29 Å². The summed E-state index contributed by atoms with van der Waals surface area (Å²) in [5.74, 6) is 0.873. The fraction of sp³-hybridized carbons (Fsp3) is 0.280. The van der Waals surface area contributed by atoms with Gasteiger partial charge >= 0.3 is 0 Å². The van der Waals surface area contributed by atoms with Gasteiger partial charge in [-0.1, -0.05) is 55.5 Å². The molecule has 6 heteroatoms. The highest BCUT2D eigenvalue weighted by Gasteiger charge is 2.38. The van der Waals surface area contributed by atoms with Gasteiger partial charge in [0, 0.05) is 33.5 Å². The molecular formula is C25H28N2O3S. The predicted octanol–water partition coefficient (Wildman–Crippen LogP) is 4.93. The topological polar surface area (TPSA) is 90.7 Å². The van der Waals surface area contributed by atoms with Crippen molar-refractivity contribution in [3.05, 3.63) is 89.5 Å². The number of ether oxygens (including phenoxy) is 2. The molecule has 1 heterocycles. The fourth-order valence-corrected chi connectivity index (χ4v) is 4.93. The monoisotopic (exact) mass is 436 g/mol. The standard InChI is InChI=1S/C25H28N2O3S/c1-16-22(15-31-23-8-3-2-7-21(23)27)29-25(19-5-4-6-20(26)13-19)30-24(16)18-11-9-17(14-28)10-12-18/h2-13,16,22,24-25,28H,14-15,26-27H2,1H3/t16-,22+,24+,25?/m0/s1. The van der Waals surface area contributed by atoms with Crippen molar-refractivity contribution in [3.8, 4) is 0 Å². The summed E-state index contributed by atoms with van der Waals surface area (Å²) in [4.78, 5) is 1.05. The third-order valence-electron chi connectivity index (χ3n) is 5.63. The van der Waals surface area contributed by atoms with Gasteiger partial charge in [0.25, 0.3) is 0 Å². The molecule has 0 aliphatic carbocycles. The summed E-state index contributed by atoms with van der Waals surface area (Å²) < 4.78 is 12.8. The number of anilines is 2. The maximum Gasteiger partial charge on any atom is 0.185 e. The van der Waals surface area contributed by atoms with Crippen LogP contribution in [0.4, 0.5) is 11.4 Å². The molecule has 4 atom stereocenters. The summed E-state index contributed by atoms with van der Waals surface area (Å²) in [6.07, 6.45) is -0.708. The lowest BCUT2D eigenvalue weighted by Crippen LogP contribution is -2.38. The van der Waals surface area contributed by atoms with Gasteiger partial charge in [0.2, 0.25) is 0 Å². The lowest BCUT2D eigenvalue weighted by Gasteiger charge is -2.41. The van der Waals surface area contributed by atoms with Crippen LogP contribution in [0.5, 0.6) is 0 Å². The molecule has 1 unspecified atom stereocenters. The molecule has 3 aromatic carbocycles. The van der Waals surface area contributed by atoms with Crippen LogP contribution in [0.25, 0.3) is 0 Å². The van der Waals surface area contributed by atoms with Gasteiger partial charge in [-0.05, 0) is 35.4 Å². The first-order chi connectivity index (χ1) is 15.0. The van der Waals surface area contributed by atoms with Crippen LogP contribution in [0.1, 0.15) is 36.0 Å². The van der Waals surface area contributed by atoms with Crippen molar-refractivity contribution in [1.82, 2.24) is 0 Å². The van der Waals surface area contributed by atoms with Crippen LogP contribution in [0.15, 0.2) is 77.7 Å². The zero-order chi connectivity index (χ0) is 21.8. The molecule has 5 N–H and O–H groups in total. The number of rotatable bonds is 6. The number of aliphatic hydroxyl groups excluding tert-OH is 1. The van der Waals surface area contributed by atoms with Crippen molar-refractivity contribution in [3.63, 3.8) is 0 Å². The van der Waals surface area contributed by atoms with Crippen molar-refractivity contribution >= 4 is 23.1 Å². The molecule has 0 saturated carbocycles. The molecule has 0 aromatic heterocycles. The summed E-state index contributed by atoms with van der Waals surface area (Å²) in [7, 11) is 0. The number of thioether (sulfide) groups is 1. The summed E-state index contributed by atoms with van der Waals surface area (Å²) in [5.41, 5.74) is 16.4. The molecule has 1 fully saturated rings. The second-order valence-electron chi connectivity index (χ2n) is 7.84. The third kappa shape index (κ3) is 5.05. The maximum absolute atomic E-state index is 9.37. The number of hydrogen-bond acceptors (Lipinski definition) is 6. The van der Waals surface area contributed by atoms with Crippen LogP contribution < -0.4 is 11.5 Å². The Labute approximate surface area is 187 Å². The minimum absolute atomic E-state index is 0.0220. The van der Waals surface area contributed by atoms with Crippen molar-refractivity contribution in [2.75, 3.05) is 17.2 Å². The van der Waals surface area contributed by atoms with Crippen LogP contribution in [-0.2, 0) is 16.1 Å². The van der Waals surface area contributed by atoms with E-state index in [0.717, 1.165) is 33.0 Å². The van der Waals surface area contributed by atoms with E-state index in [1.165, 1.54) is 0 Å². The Balaban J connectivity index is 1.60. The normalized spacial score (nSPS) is 23.5. The van der Waals surface area contributed by atoms with E-state index in [0.29, 0.717) is 5.69 Å². The number of hydrogen-bond donors (Lipinski definition) is 3. The van der Waals surface area contributed by atoms with E-state index in [4.69, 9.17) is 20.9 Å². The number of para-hydroxylation sites is 1. The highest BCUT2D eigenvalue weighted by Crippen LogP contribution is 2.43. The SMILES string of the molecule is C[C@H]1[C@@H](CSc2ccccc2N)OC(c2cccc(N)c2)O[C@H]1c1ccc(CO)cc1. The van der Waals surface area contributed by atoms with Crippen LogP contribution in [0, 0.1) is 5.92 Å². The highest BCUT2D eigenvalue weighted by molar-refractivity contribution is 7.99. The Hall–Kier alpha value is -2.51. The van der Waals surface area contributed by atoms with Gasteiger partial charge in [0.15, 0.2) is 6.29 Å². The highest BCUT2D eigenvalue weighted by atomic mass is 32.2. The van der Waals surface area contributed by atoms with E-state index in [9.17, 15) is 5.11 Å². The smallest absolute Gasteiger partial charge is 0.185 e. The molecule has 31 heavy (non-hydrogen) atoms. The van der Waals surface area contributed by atoms with Crippen molar-refractivity contribution < 1.29 is 14.6 Å². The van der Waals surface area contributed by atoms with E-state index in [-0.39, 0.29) is 24.7 Å². The number of nitrogen functional groups attached to an aromatic ring is 2. The number of aliphatic hydroxyl groups is 1. The molecule has 0 bridgehead atoms. The first kappa shape index (κ1) is 21.7. The maximum atomic E-state index is 9.37. The first-order valence-electron chi connectivity index (χ1n) is 10.4. The molecule has 0 spiro atoms. The zero-order valence-electron chi connectivity index (χ0n) is 17.5. The Morgan fingerprint density at radius 3 is 2.39 bits per heavy atom. The van der Waals surface area contributed by atoms with Crippen molar-refractivity contribution in [1.29, 1.82) is 0 Å². The Morgan fingerprint density at radius 1 is 0.903 bits per heavy atom. The van der Waals surface area contributed by atoms with Crippen molar-refractivity contribution in [2.24, 2.45) is 5.92 Å². The van der Waals surface area contributed by atoms with E-state index >= 15 is 0 Å². The predicted molar refractivity (Wildman–Crippen MR) is 125 cm³/mol. The van der Waals surface area contributed by atoms with Gasteiger partial charge in [-0.3, -0.25) is 0 Å². The second kappa shape index (κ2) is 9.75. The van der Waals surface area contributed by atoms with Crippen molar-refractivity contribution in [2.45, 2.75) is 36.9 Å². The van der Waals surface area contributed by atoms with Gasteiger partial charge in [0.05, 0.1) is 18.8 Å². The lowest BCUT2D eigenvalue weighted by molar-refractivity contribution is -0.268. The molecule has 4 rings (SSSR count). The average Bonchev–Trinajstić information content (AvgIpc) is 2.79. The Bertz CT molecular complexity index is 1010. The first-order valence-corrected chi connectivity index (χ1v) is 11.4. The summed E-state index contributed by atoms with van der Waals surface area (Å²) in [6.45, 7) is 2.17. The van der Waals surface area contributed by atoms with Gasteiger partial charge in [-0.15, -0.1) is 11.8 Å². The molecule has 0 radical (unpaired) electrons. The molecule has 162 valence electrons. The minimum atomic E-state index is -0.513. The number of benzene rings is 3. The summed E-state index contributed by atoms with van der Waals surface area (Å²) in [5, 5.41) is 9.37. The minimum Gasteiger partial charge on any atom is -0.399 e. The molecule has 1 saturated heterocycles. The molecular weight excluding hydrogens is 408 g/mol. The quantitative estimate of drug-likeness (QED) is 0.375. The average molecular weight is 437 g/mol. The molecule has 1 aliphatic heterocycles. The van der Waals surface area contributed by atoms with Gasteiger partial charge in [-0.2, -0.15) is 0 Å². The van der Waals surface area contributed by atoms with E-state index in [1.807, 2.05) is 72.8 Å². The van der Waals surface area contributed by atoms with Crippen LogP contribution in [-0.4, -0.2) is 17.0 Å². The van der Waals surface area contributed by atoms with Gasteiger partial charge < -0.3 is 26.0 Å². The second-order valence-corrected chi connectivity index (χ2v) is 8.90. The Morgan fingerprint density at radius 2 is 1.68 bits per heavy atom. The van der Waals surface area contributed by atoms with Crippen LogP contribution >= 0.6 is 11.8 Å². The van der Waals surface area contributed by atoms with E-state index in [2.05, 4.69) is 6.92 Å². The molecule has 1 aliphatic rings. The third-order valence-corrected chi connectivity index (χ3v) is 6.81.